The van der Waals surface area contributed by atoms with Gasteiger partial charge >= 0.3 is 0 Å². The highest BCUT2D eigenvalue weighted by molar-refractivity contribution is 7.09. The van der Waals surface area contributed by atoms with Crippen LogP contribution >= 0.6 is 22.9 Å². The quantitative estimate of drug-likeness (QED) is 0.909. The van der Waals surface area contributed by atoms with Crippen LogP contribution in [0.1, 0.15) is 15.5 Å². The lowest BCUT2D eigenvalue weighted by molar-refractivity contribution is 0.102. The first kappa shape index (κ1) is 13.8. The Morgan fingerprint density at radius 3 is 3.00 bits per heavy atom. The predicted molar refractivity (Wildman–Crippen MR) is 76.0 cm³/mol. The molecule has 0 aliphatic rings. The largest absolute Gasteiger partial charge is 0.495 e. The van der Waals surface area contributed by atoms with Gasteiger partial charge in [-0.1, -0.05) is 11.6 Å². The summed E-state index contributed by atoms with van der Waals surface area (Å²) in [4.78, 5) is 16.1. The van der Waals surface area contributed by atoms with E-state index < -0.39 is 0 Å². The second-order valence-corrected chi connectivity index (χ2v) is 5.01. The van der Waals surface area contributed by atoms with Gasteiger partial charge in [-0.2, -0.15) is 0 Å². The Balaban J connectivity index is 2.20. The maximum Gasteiger partial charge on any atom is 0.275 e. The van der Waals surface area contributed by atoms with Gasteiger partial charge in [-0.15, -0.1) is 11.3 Å². The van der Waals surface area contributed by atoms with Gasteiger partial charge in [-0.05, 0) is 18.2 Å². The second-order valence-electron chi connectivity index (χ2n) is 3.63. The fourth-order valence-electron chi connectivity index (χ4n) is 1.47. The Morgan fingerprint density at radius 1 is 1.58 bits per heavy atom. The van der Waals surface area contributed by atoms with Gasteiger partial charge in [0.25, 0.3) is 5.91 Å². The molecule has 1 aromatic heterocycles. The fourth-order valence-corrected chi connectivity index (χ4v) is 2.30. The minimum Gasteiger partial charge on any atom is -0.495 e. The number of nitrogens with one attached hydrogen (secondary N) is 1. The molecular formula is C12H12ClN3O2S. The van der Waals surface area contributed by atoms with Crippen LogP contribution in [-0.4, -0.2) is 18.0 Å². The van der Waals surface area contributed by atoms with Crippen LogP contribution in [0.5, 0.6) is 5.75 Å². The molecule has 1 aromatic carbocycles. The maximum absolute atomic E-state index is 12.0. The molecule has 0 saturated heterocycles. The van der Waals surface area contributed by atoms with Gasteiger partial charge < -0.3 is 15.8 Å². The average molecular weight is 298 g/mol. The van der Waals surface area contributed by atoms with E-state index in [1.807, 2.05) is 0 Å². The van der Waals surface area contributed by atoms with Gasteiger partial charge in [0, 0.05) is 16.9 Å². The minimum atomic E-state index is -0.323. The Kier molecular flexibility index (Phi) is 4.36. The van der Waals surface area contributed by atoms with Crippen molar-refractivity contribution in [2.75, 3.05) is 12.4 Å². The van der Waals surface area contributed by atoms with Crippen LogP contribution in [0.15, 0.2) is 23.6 Å². The zero-order valence-corrected chi connectivity index (χ0v) is 11.7. The summed E-state index contributed by atoms with van der Waals surface area (Å²) in [5.74, 6) is 0.212. The number of aromatic nitrogens is 1. The molecule has 100 valence electrons. The van der Waals surface area contributed by atoms with Crippen molar-refractivity contribution in [3.8, 4) is 5.75 Å². The fraction of sp³-hybridized carbons (Fsp3) is 0.167. The van der Waals surface area contributed by atoms with Crippen LogP contribution in [0.4, 0.5) is 5.69 Å². The number of thiazole rings is 1. The highest BCUT2D eigenvalue weighted by atomic mass is 35.5. The number of amides is 1. The molecule has 7 heteroatoms. The van der Waals surface area contributed by atoms with E-state index in [-0.39, 0.29) is 5.91 Å². The Hall–Kier alpha value is -1.63. The molecule has 1 amide bonds. The first-order valence-electron chi connectivity index (χ1n) is 5.43. The second kappa shape index (κ2) is 6.01. The number of carbonyl (C=O) groups excluding carboxylic acids is 1. The number of ether oxygens (including phenoxy) is 1. The van der Waals surface area contributed by atoms with Gasteiger partial charge in [-0.3, -0.25) is 4.79 Å². The van der Waals surface area contributed by atoms with E-state index in [0.29, 0.717) is 33.7 Å². The SMILES string of the molecule is COc1ccc(Cl)cc1NC(=O)c1csc(CN)n1. The molecule has 0 atom stereocenters. The Bertz CT molecular complexity index is 600. The number of benzene rings is 1. The summed E-state index contributed by atoms with van der Waals surface area (Å²) >= 11 is 7.24. The van der Waals surface area contributed by atoms with Crippen molar-refractivity contribution in [3.63, 3.8) is 0 Å². The summed E-state index contributed by atoms with van der Waals surface area (Å²) in [7, 11) is 1.52. The molecule has 0 aliphatic heterocycles. The summed E-state index contributed by atoms with van der Waals surface area (Å²) < 4.78 is 5.15. The summed E-state index contributed by atoms with van der Waals surface area (Å²) in [5.41, 5.74) is 6.29. The smallest absolute Gasteiger partial charge is 0.275 e. The lowest BCUT2D eigenvalue weighted by atomic mass is 10.3. The monoisotopic (exact) mass is 297 g/mol. The third-order valence-electron chi connectivity index (χ3n) is 2.37. The van der Waals surface area contributed by atoms with E-state index >= 15 is 0 Å². The van der Waals surface area contributed by atoms with Gasteiger partial charge in [0.05, 0.1) is 12.8 Å². The summed E-state index contributed by atoms with van der Waals surface area (Å²) in [6.45, 7) is 0.318. The molecule has 5 nitrogen and oxygen atoms in total. The number of hydrogen-bond donors (Lipinski definition) is 2. The number of rotatable bonds is 4. The van der Waals surface area contributed by atoms with Gasteiger partial charge in [-0.25, -0.2) is 4.98 Å². The Labute approximate surface area is 119 Å². The van der Waals surface area contributed by atoms with Crippen LogP contribution < -0.4 is 15.8 Å². The molecule has 3 N–H and O–H groups in total. The topological polar surface area (TPSA) is 77.2 Å². The maximum atomic E-state index is 12.0. The highest BCUT2D eigenvalue weighted by Gasteiger charge is 2.13. The number of halogens is 1. The molecule has 0 fully saturated rings. The van der Waals surface area contributed by atoms with E-state index in [9.17, 15) is 4.79 Å². The normalized spacial score (nSPS) is 10.3. The van der Waals surface area contributed by atoms with E-state index in [1.165, 1.54) is 18.4 Å². The number of carbonyl (C=O) groups is 1. The summed E-state index contributed by atoms with van der Waals surface area (Å²) in [6.07, 6.45) is 0. The first-order valence-corrected chi connectivity index (χ1v) is 6.69. The van der Waals surface area contributed by atoms with Gasteiger partial charge in [0.15, 0.2) is 0 Å². The molecule has 0 spiro atoms. The number of anilines is 1. The zero-order valence-electron chi connectivity index (χ0n) is 10.1. The van der Waals surface area contributed by atoms with Crippen molar-refractivity contribution in [2.24, 2.45) is 5.73 Å². The standard InChI is InChI=1S/C12H12ClN3O2S/c1-18-10-3-2-7(13)4-8(10)16-12(17)9-6-19-11(5-14)15-9/h2-4,6H,5,14H2,1H3,(H,16,17). The molecule has 2 rings (SSSR count). The number of nitrogens with zero attached hydrogens (tertiary/aromatic N) is 1. The lowest BCUT2D eigenvalue weighted by Crippen LogP contribution is -2.13. The van der Waals surface area contributed by atoms with E-state index in [1.54, 1.807) is 23.6 Å². The van der Waals surface area contributed by atoms with Crippen LogP contribution in [0.25, 0.3) is 0 Å². The molecule has 2 aromatic rings. The summed E-state index contributed by atoms with van der Waals surface area (Å²) in [5, 5.41) is 5.59. The molecule has 0 radical (unpaired) electrons. The average Bonchev–Trinajstić information content (AvgIpc) is 2.88. The molecule has 0 bridgehead atoms. The van der Waals surface area contributed by atoms with Crippen molar-refractivity contribution in [1.29, 1.82) is 0 Å². The van der Waals surface area contributed by atoms with Crippen LogP contribution in [0, 0.1) is 0 Å². The highest BCUT2D eigenvalue weighted by Crippen LogP contribution is 2.28. The molecule has 19 heavy (non-hydrogen) atoms. The molecular weight excluding hydrogens is 286 g/mol. The zero-order chi connectivity index (χ0) is 13.8. The predicted octanol–water partition coefficient (Wildman–Crippen LogP) is 2.52. The number of methoxy groups -OCH3 is 1. The van der Waals surface area contributed by atoms with Gasteiger partial charge in [0.2, 0.25) is 0 Å². The van der Waals surface area contributed by atoms with Crippen LogP contribution in [0.2, 0.25) is 5.02 Å². The molecule has 0 unspecified atom stereocenters. The van der Waals surface area contributed by atoms with Crippen molar-refractivity contribution >= 4 is 34.5 Å². The minimum absolute atomic E-state index is 0.318. The van der Waals surface area contributed by atoms with E-state index in [0.717, 1.165) is 0 Å². The van der Waals surface area contributed by atoms with E-state index in [4.69, 9.17) is 22.1 Å². The summed E-state index contributed by atoms with van der Waals surface area (Å²) in [6, 6.07) is 4.99. The number of hydrogen-bond acceptors (Lipinski definition) is 5. The van der Waals surface area contributed by atoms with Gasteiger partial charge in [0.1, 0.15) is 16.5 Å². The Morgan fingerprint density at radius 2 is 2.37 bits per heavy atom. The number of nitrogens with two attached hydrogens (primary N) is 1. The van der Waals surface area contributed by atoms with Crippen molar-refractivity contribution in [3.05, 3.63) is 39.3 Å². The first-order chi connectivity index (χ1) is 9.13. The molecule has 0 aliphatic carbocycles. The molecule has 1 heterocycles. The third kappa shape index (κ3) is 3.23. The van der Waals surface area contributed by atoms with Crippen molar-refractivity contribution < 1.29 is 9.53 Å². The van der Waals surface area contributed by atoms with Crippen LogP contribution in [0.3, 0.4) is 0 Å². The van der Waals surface area contributed by atoms with E-state index in [2.05, 4.69) is 10.3 Å². The van der Waals surface area contributed by atoms with Crippen molar-refractivity contribution in [1.82, 2.24) is 4.98 Å². The van der Waals surface area contributed by atoms with Crippen molar-refractivity contribution in [2.45, 2.75) is 6.54 Å². The third-order valence-corrected chi connectivity index (χ3v) is 3.47. The van der Waals surface area contributed by atoms with Crippen LogP contribution in [-0.2, 0) is 6.54 Å². The lowest BCUT2D eigenvalue weighted by Gasteiger charge is -2.09. The molecule has 0 saturated carbocycles.